The van der Waals surface area contributed by atoms with Crippen LogP contribution >= 0.6 is 0 Å². The fourth-order valence-electron chi connectivity index (χ4n) is 2.61. The Hall–Kier alpha value is -1.56. The highest BCUT2D eigenvalue weighted by Crippen LogP contribution is 2.22. The van der Waals surface area contributed by atoms with Gasteiger partial charge in [-0.1, -0.05) is 69.3 Å². The molecular weight excluding hydrogens is 240 g/mol. The molecule has 0 radical (unpaired) electrons. The van der Waals surface area contributed by atoms with E-state index in [0.717, 1.165) is 12.8 Å². The second kappa shape index (κ2) is 7.28. The summed E-state index contributed by atoms with van der Waals surface area (Å²) in [6, 6.07) is 18.1. The molecule has 106 valence electrons. The molecule has 0 amide bonds. The van der Waals surface area contributed by atoms with Crippen LogP contribution in [0.1, 0.15) is 55.4 Å². The van der Waals surface area contributed by atoms with Gasteiger partial charge in [-0.2, -0.15) is 0 Å². The highest BCUT2D eigenvalue weighted by Gasteiger charge is 2.06. The van der Waals surface area contributed by atoms with Gasteiger partial charge >= 0.3 is 0 Å². The summed E-state index contributed by atoms with van der Waals surface area (Å²) in [6.45, 7) is 6.77. The molecule has 20 heavy (non-hydrogen) atoms. The molecule has 0 aliphatic carbocycles. The zero-order valence-electron chi connectivity index (χ0n) is 13.0. The topological polar surface area (TPSA) is 0 Å². The van der Waals surface area contributed by atoms with E-state index in [0.29, 0.717) is 5.92 Å². The fraction of sp³-hybridized carbons (Fsp3) is 0.400. The molecule has 2 aromatic rings. The van der Waals surface area contributed by atoms with Gasteiger partial charge in [-0.25, -0.2) is 0 Å². The molecule has 0 aliphatic heterocycles. The number of hydrogen-bond donors (Lipinski definition) is 0. The third-order valence-corrected chi connectivity index (χ3v) is 4.23. The minimum atomic E-state index is 0.632. The normalized spacial score (nSPS) is 12.3. The first kappa shape index (κ1) is 14.8. The fourth-order valence-corrected chi connectivity index (χ4v) is 2.61. The zero-order valence-corrected chi connectivity index (χ0v) is 13.0. The molecule has 0 bridgehead atoms. The van der Waals surface area contributed by atoms with E-state index in [4.69, 9.17) is 0 Å². The lowest BCUT2D eigenvalue weighted by molar-refractivity contribution is 0.678. The average Bonchev–Trinajstić information content (AvgIpc) is 2.53. The predicted octanol–water partition coefficient (Wildman–Crippen LogP) is 5.55. The Kier molecular flexibility index (Phi) is 5.40. The Labute approximate surface area is 123 Å². The van der Waals surface area contributed by atoms with Crippen molar-refractivity contribution in [3.63, 3.8) is 0 Å². The standard InChI is InChI=1S/C20H26/c1-4-17-11-13-19(14-12-17)10-9-16(3)20-8-6-7-18(5-2)15-20/h6-8,11-16H,4-5,9-10H2,1-3H3. The molecule has 0 aliphatic rings. The molecule has 0 saturated heterocycles. The zero-order chi connectivity index (χ0) is 14.4. The Bertz CT molecular complexity index is 522. The van der Waals surface area contributed by atoms with Gasteiger partial charge in [0.2, 0.25) is 0 Å². The summed E-state index contributed by atoms with van der Waals surface area (Å²) in [7, 11) is 0. The van der Waals surface area contributed by atoms with E-state index in [1.165, 1.54) is 35.1 Å². The highest BCUT2D eigenvalue weighted by atomic mass is 14.1. The molecule has 0 N–H and O–H groups in total. The Morgan fingerprint density at radius 3 is 2.10 bits per heavy atom. The molecule has 0 aromatic heterocycles. The van der Waals surface area contributed by atoms with Gasteiger partial charge in [-0.15, -0.1) is 0 Å². The molecule has 0 spiro atoms. The Balaban J connectivity index is 1.95. The summed E-state index contributed by atoms with van der Waals surface area (Å²) in [5.41, 5.74) is 5.81. The van der Waals surface area contributed by atoms with E-state index >= 15 is 0 Å². The largest absolute Gasteiger partial charge is 0.0617 e. The lowest BCUT2D eigenvalue weighted by Gasteiger charge is -2.13. The summed E-state index contributed by atoms with van der Waals surface area (Å²) >= 11 is 0. The van der Waals surface area contributed by atoms with Crippen LogP contribution in [0.4, 0.5) is 0 Å². The molecule has 1 atom stereocenters. The third kappa shape index (κ3) is 3.96. The molecule has 1 unspecified atom stereocenters. The van der Waals surface area contributed by atoms with Crippen LogP contribution < -0.4 is 0 Å². The van der Waals surface area contributed by atoms with Crippen molar-refractivity contribution in [3.8, 4) is 0 Å². The van der Waals surface area contributed by atoms with Crippen LogP contribution in [0.25, 0.3) is 0 Å². The Morgan fingerprint density at radius 2 is 1.45 bits per heavy atom. The second-order valence-electron chi connectivity index (χ2n) is 5.71. The van der Waals surface area contributed by atoms with Gasteiger partial charge in [0, 0.05) is 0 Å². The van der Waals surface area contributed by atoms with E-state index in [1.807, 2.05) is 0 Å². The first-order chi connectivity index (χ1) is 9.72. The smallest absolute Gasteiger partial charge is 0.0187 e. The number of benzene rings is 2. The lowest BCUT2D eigenvalue weighted by Crippen LogP contribution is -1.97. The van der Waals surface area contributed by atoms with E-state index in [1.54, 1.807) is 0 Å². The van der Waals surface area contributed by atoms with Crippen LogP contribution in [0, 0.1) is 0 Å². The van der Waals surface area contributed by atoms with Crippen molar-refractivity contribution in [2.24, 2.45) is 0 Å². The minimum Gasteiger partial charge on any atom is -0.0617 e. The van der Waals surface area contributed by atoms with E-state index in [9.17, 15) is 0 Å². The summed E-state index contributed by atoms with van der Waals surface area (Å²) in [5, 5.41) is 0. The molecular formula is C20H26. The third-order valence-electron chi connectivity index (χ3n) is 4.23. The van der Waals surface area contributed by atoms with Crippen molar-refractivity contribution in [2.75, 3.05) is 0 Å². The maximum Gasteiger partial charge on any atom is -0.0187 e. The quantitative estimate of drug-likeness (QED) is 0.643. The monoisotopic (exact) mass is 266 g/mol. The Morgan fingerprint density at radius 1 is 0.800 bits per heavy atom. The van der Waals surface area contributed by atoms with Gasteiger partial charge < -0.3 is 0 Å². The molecule has 2 rings (SSSR count). The number of hydrogen-bond acceptors (Lipinski definition) is 0. The molecule has 0 fully saturated rings. The van der Waals surface area contributed by atoms with Gasteiger partial charge in [0.1, 0.15) is 0 Å². The van der Waals surface area contributed by atoms with Crippen LogP contribution in [0.15, 0.2) is 48.5 Å². The van der Waals surface area contributed by atoms with Crippen LogP contribution in [0.5, 0.6) is 0 Å². The van der Waals surface area contributed by atoms with Crippen molar-refractivity contribution >= 4 is 0 Å². The number of aryl methyl sites for hydroxylation is 3. The van der Waals surface area contributed by atoms with Gasteiger partial charge in [0.25, 0.3) is 0 Å². The number of rotatable bonds is 6. The van der Waals surface area contributed by atoms with Crippen molar-refractivity contribution < 1.29 is 0 Å². The van der Waals surface area contributed by atoms with Crippen molar-refractivity contribution in [3.05, 3.63) is 70.8 Å². The van der Waals surface area contributed by atoms with Gasteiger partial charge in [0.15, 0.2) is 0 Å². The highest BCUT2D eigenvalue weighted by molar-refractivity contribution is 5.27. The van der Waals surface area contributed by atoms with Gasteiger partial charge in [0.05, 0.1) is 0 Å². The minimum absolute atomic E-state index is 0.632. The van der Waals surface area contributed by atoms with E-state index in [2.05, 4.69) is 69.3 Å². The predicted molar refractivity (Wildman–Crippen MR) is 88.4 cm³/mol. The summed E-state index contributed by atoms with van der Waals surface area (Å²) in [4.78, 5) is 0. The molecule has 0 saturated carbocycles. The molecule has 0 nitrogen and oxygen atoms in total. The SMILES string of the molecule is CCc1ccc(CCC(C)c2cccc(CC)c2)cc1. The maximum atomic E-state index is 2.37. The van der Waals surface area contributed by atoms with Crippen LogP contribution in [0.2, 0.25) is 0 Å². The van der Waals surface area contributed by atoms with Crippen molar-refractivity contribution in [1.29, 1.82) is 0 Å². The molecule has 0 heterocycles. The van der Waals surface area contributed by atoms with Gasteiger partial charge in [-0.05, 0) is 53.9 Å². The first-order valence-electron chi connectivity index (χ1n) is 7.89. The molecule has 2 aromatic carbocycles. The first-order valence-corrected chi connectivity index (χ1v) is 7.89. The summed E-state index contributed by atoms with van der Waals surface area (Å²) < 4.78 is 0. The molecule has 0 heteroatoms. The van der Waals surface area contributed by atoms with Crippen LogP contribution in [-0.2, 0) is 19.3 Å². The van der Waals surface area contributed by atoms with Crippen molar-refractivity contribution in [2.45, 2.75) is 52.4 Å². The lowest BCUT2D eigenvalue weighted by atomic mass is 9.92. The van der Waals surface area contributed by atoms with E-state index < -0.39 is 0 Å². The second-order valence-corrected chi connectivity index (χ2v) is 5.71. The average molecular weight is 266 g/mol. The summed E-state index contributed by atoms with van der Waals surface area (Å²) in [6.07, 6.45) is 4.64. The van der Waals surface area contributed by atoms with Crippen molar-refractivity contribution in [1.82, 2.24) is 0 Å². The van der Waals surface area contributed by atoms with Crippen LogP contribution in [-0.4, -0.2) is 0 Å². The van der Waals surface area contributed by atoms with E-state index in [-0.39, 0.29) is 0 Å². The van der Waals surface area contributed by atoms with Crippen LogP contribution in [0.3, 0.4) is 0 Å². The van der Waals surface area contributed by atoms with Gasteiger partial charge in [-0.3, -0.25) is 0 Å². The summed E-state index contributed by atoms with van der Waals surface area (Å²) in [5.74, 6) is 0.632. The maximum absolute atomic E-state index is 2.37.